The topological polar surface area (TPSA) is 59.1 Å². The first kappa shape index (κ1) is 15.8. The van der Waals surface area contributed by atoms with Gasteiger partial charge in [-0.3, -0.25) is 14.5 Å². The van der Waals surface area contributed by atoms with Crippen LogP contribution in [0.2, 0.25) is 0 Å². The maximum atomic E-state index is 12.3. The van der Waals surface area contributed by atoms with Crippen molar-refractivity contribution in [2.75, 3.05) is 40.5 Å². The molecule has 0 aromatic rings. The predicted octanol–water partition coefficient (Wildman–Crippen LogP) is 0.261. The van der Waals surface area contributed by atoms with Crippen LogP contribution >= 0.6 is 12.2 Å². The molecule has 0 aliphatic carbocycles. The smallest absolute Gasteiger partial charge is 0.331 e. The number of ether oxygens (including phenoxy) is 2. The molecule has 108 valence electrons. The lowest BCUT2D eigenvalue weighted by atomic mass is 9.85. The molecule has 6 nitrogen and oxygen atoms in total. The van der Waals surface area contributed by atoms with Gasteiger partial charge in [0.2, 0.25) is 5.41 Å². The molecule has 1 aliphatic rings. The fourth-order valence-corrected chi connectivity index (χ4v) is 2.46. The van der Waals surface area contributed by atoms with Crippen LogP contribution < -0.4 is 0 Å². The summed E-state index contributed by atoms with van der Waals surface area (Å²) in [6, 6.07) is 0. The highest BCUT2D eigenvalue weighted by Crippen LogP contribution is 2.30. The highest BCUT2D eigenvalue weighted by molar-refractivity contribution is 7.80. The monoisotopic (exact) mass is 288 g/mol. The Hall–Kier alpha value is -1.21. The molecule has 7 heteroatoms. The molecule has 19 heavy (non-hydrogen) atoms. The Kier molecular flexibility index (Phi) is 5.25. The summed E-state index contributed by atoms with van der Waals surface area (Å²) in [5, 5.41) is 0. The van der Waals surface area contributed by atoms with Crippen LogP contribution in [0.4, 0.5) is 0 Å². The minimum atomic E-state index is -1.54. The second kappa shape index (κ2) is 6.29. The van der Waals surface area contributed by atoms with Gasteiger partial charge >= 0.3 is 11.9 Å². The van der Waals surface area contributed by atoms with Crippen LogP contribution in [-0.4, -0.2) is 67.2 Å². The zero-order valence-electron chi connectivity index (χ0n) is 11.8. The van der Waals surface area contributed by atoms with E-state index in [2.05, 4.69) is 0 Å². The van der Waals surface area contributed by atoms with Gasteiger partial charge in [-0.15, -0.1) is 0 Å². The molecule has 0 atom stereocenters. The first-order chi connectivity index (χ1) is 8.90. The van der Waals surface area contributed by atoms with E-state index in [1.807, 2.05) is 11.9 Å². The van der Waals surface area contributed by atoms with Gasteiger partial charge < -0.3 is 14.4 Å². The average Bonchev–Trinajstić information content (AvgIpc) is 2.34. The van der Waals surface area contributed by atoms with E-state index in [4.69, 9.17) is 21.7 Å². The minimum Gasteiger partial charge on any atom is -0.465 e. The molecule has 1 rings (SSSR count). The molecule has 1 fully saturated rings. The first-order valence-corrected chi connectivity index (χ1v) is 6.59. The summed E-state index contributed by atoms with van der Waals surface area (Å²) in [5.41, 5.74) is -1.54. The van der Waals surface area contributed by atoms with Gasteiger partial charge in [-0.25, -0.2) is 0 Å². The van der Waals surface area contributed by atoms with Crippen LogP contribution in [0.5, 0.6) is 0 Å². The molecular weight excluding hydrogens is 268 g/mol. The van der Waals surface area contributed by atoms with Gasteiger partial charge in [0.25, 0.3) is 0 Å². The molecule has 0 bridgehead atoms. The van der Waals surface area contributed by atoms with Gasteiger partial charge in [0.15, 0.2) is 0 Å². The van der Waals surface area contributed by atoms with E-state index < -0.39 is 17.4 Å². The van der Waals surface area contributed by atoms with Gasteiger partial charge in [-0.05, 0) is 20.9 Å². The zero-order valence-corrected chi connectivity index (χ0v) is 12.6. The van der Waals surface area contributed by atoms with Crippen molar-refractivity contribution in [1.82, 2.24) is 9.80 Å². The standard InChI is InChI=1S/C12H20N2O4S/c1-5-17-10(15)12(11(16)18-6-2)7-13(3)8-14(4)9(12)19/h5-8H2,1-4H3. The van der Waals surface area contributed by atoms with Gasteiger partial charge in [-0.1, -0.05) is 12.2 Å². The third kappa shape index (κ3) is 2.87. The molecule has 1 saturated heterocycles. The van der Waals surface area contributed by atoms with E-state index in [0.717, 1.165) is 0 Å². The maximum absolute atomic E-state index is 12.3. The summed E-state index contributed by atoms with van der Waals surface area (Å²) in [5.74, 6) is -1.28. The summed E-state index contributed by atoms with van der Waals surface area (Å²) in [6.07, 6.45) is 0. The average molecular weight is 288 g/mol. The van der Waals surface area contributed by atoms with Crippen LogP contribution in [0.1, 0.15) is 13.8 Å². The quantitative estimate of drug-likeness (QED) is 0.418. The molecule has 0 N–H and O–H groups in total. The Morgan fingerprint density at radius 2 is 1.68 bits per heavy atom. The molecule has 0 amide bonds. The molecule has 0 aromatic heterocycles. The first-order valence-electron chi connectivity index (χ1n) is 6.18. The fourth-order valence-electron chi connectivity index (χ4n) is 2.17. The molecule has 1 heterocycles. The van der Waals surface area contributed by atoms with Gasteiger partial charge in [0, 0.05) is 13.6 Å². The molecule has 0 unspecified atom stereocenters. The number of esters is 2. The number of thiocarbonyl (C=S) groups is 1. The van der Waals surface area contributed by atoms with Crippen LogP contribution in [-0.2, 0) is 19.1 Å². The van der Waals surface area contributed by atoms with E-state index in [9.17, 15) is 9.59 Å². The van der Waals surface area contributed by atoms with E-state index in [1.165, 1.54) is 0 Å². The van der Waals surface area contributed by atoms with Crippen LogP contribution in [0, 0.1) is 5.41 Å². The third-order valence-electron chi connectivity index (χ3n) is 2.92. The molecule has 0 aromatic carbocycles. The Morgan fingerprint density at radius 1 is 1.21 bits per heavy atom. The lowest BCUT2D eigenvalue weighted by Crippen LogP contribution is -2.63. The Balaban J connectivity index is 3.19. The third-order valence-corrected chi connectivity index (χ3v) is 3.58. The van der Waals surface area contributed by atoms with Crippen LogP contribution in [0.15, 0.2) is 0 Å². The van der Waals surface area contributed by atoms with Crippen molar-refractivity contribution in [3.8, 4) is 0 Å². The SMILES string of the molecule is CCOC(=O)C1(C(=O)OCC)CN(C)CN(C)C1=S. The Bertz CT molecular complexity index is 368. The van der Waals surface area contributed by atoms with Crippen LogP contribution in [0.25, 0.3) is 0 Å². The second-order valence-electron chi connectivity index (χ2n) is 4.50. The highest BCUT2D eigenvalue weighted by atomic mass is 32.1. The van der Waals surface area contributed by atoms with Crippen LogP contribution in [0.3, 0.4) is 0 Å². The highest BCUT2D eigenvalue weighted by Gasteiger charge is 2.56. The Labute approximate surface area is 118 Å². The number of hydrogen-bond acceptors (Lipinski definition) is 6. The van der Waals surface area contributed by atoms with E-state index in [-0.39, 0.29) is 24.7 Å². The van der Waals surface area contributed by atoms with Crippen molar-refractivity contribution >= 4 is 29.1 Å². The fraction of sp³-hybridized carbons (Fsp3) is 0.750. The minimum absolute atomic E-state index is 0.174. The summed E-state index contributed by atoms with van der Waals surface area (Å²) in [7, 11) is 3.55. The lowest BCUT2D eigenvalue weighted by Gasteiger charge is -2.43. The normalized spacial score (nSPS) is 19.2. The van der Waals surface area contributed by atoms with Crippen molar-refractivity contribution < 1.29 is 19.1 Å². The van der Waals surface area contributed by atoms with Crippen molar-refractivity contribution in [3.05, 3.63) is 0 Å². The second-order valence-corrected chi connectivity index (χ2v) is 4.89. The predicted molar refractivity (Wildman–Crippen MR) is 73.6 cm³/mol. The van der Waals surface area contributed by atoms with Crippen molar-refractivity contribution in [2.24, 2.45) is 5.41 Å². The summed E-state index contributed by atoms with van der Waals surface area (Å²) < 4.78 is 10.1. The Morgan fingerprint density at radius 3 is 2.11 bits per heavy atom. The van der Waals surface area contributed by atoms with Crippen molar-refractivity contribution in [3.63, 3.8) is 0 Å². The van der Waals surface area contributed by atoms with Gasteiger partial charge in [0.1, 0.15) is 4.99 Å². The largest absolute Gasteiger partial charge is 0.465 e. The number of nitrogens with zero attached hydrogens (tertiary/aromatic N) is 2. The molecular formula is C12H20N2O4S. The van der Waals surface area contributed by atoms with Crippen molar-refractivity contribution in [2.45, 2.75) is 13.8 Å². The summed E-state index contributed by atoms with van der Waals surface area (Å²) >= 11 is 5.29. The number of carbonyl (C=O) groups is 2. The number of carbonyl (C=O) groups excluding carboxylic acids is 2. The van der Waals surface area contributed by atoms with E-state index in [0.29, 0.717) is 6.67 Å². The van der Waals surface area contributed by atoms with Crippen molar-refractivity contribution in [1.29, 1.82) is 0 Å². The number of hydrogen-bond donors (Lipinski definition) is 0. The summed E-state index contributed by atoms with van der Waals surface area (Å²) in [4.78, 5) is 28.3. The van der Waals surface area contributed by atoms with Gasteiger partial charge in [0.05, 0.1) is 19.9 Å². The van der Waals surface area contributed by atoms with Gasteiger partial charge in [-0.2, -0.15) is 0 Å². The molecule has 0 radical (unpaired) electrons. The summed E-state index contributed by atoms with van der Waals surface area (Å²) in [6.45, 7) is 4.49. The molecule has 0 spiro atoms. The zero-order chi connectivity index (χ0) is 14.6. The lowest BCUT2D eigenvalue weighted by molar-refractivity contribution is -0.169. The van der Waals surface area contributed by atoms with E-state index in [1.54, 1.807) is 25.8 Å². The molecule has 1 aliphatic heterocycles. The number of rotatable bonds is 4. The maximum Gasteiger partial charge on any atom is 0.331 e. The van der Waals surface area contributed by atoms with E-state index >= 15 is 0 Å². The molecule has 0 saturated carbocycles.